The first kappa shape index (κ1) is 13.1. The second-order valence-corrected chi connectivity index (χ2v) is 6.84. The van der Waals surface area contributed by atoms with E-state index >= 15 is 0 Å². The van der Waals surface area contributed by atoms with E-state index in [1.54, 1.807) is 7.11 Å². The molecule has 1 aromatic heterocycles. The highest BCUT2D eigenvalue weighted by atomic mass is 79.9. The highest BCUT2D eigenvalue weighted by molar-refractivity contribution is 9.11. The molecule has 0 saturated carbocycles. The Kier molecular flexibility index (Phi) is 4.25. The van der Waals surface area contributed by atoms with Gasteiger partial charge in [-0.25, -0.2) is 0 Å². The predicted molar refractivity (Wildman–Crippen MR) is 76.8 cm³/mol. The lowest BCUT2D eigenvalue weighted by atomic mass is 10.1. The van der Waals surface area contributed by atoms with Crippen LogP contribution in [0.1, 0.15) is 16.5 Å². The molecule has 0 radical (unpaired) electrons. The van der Waals surface area contributed by atoms with Gasteiger partial charge in [-0.1, -0.05) is 22.0 Å². The lowest BCUT2D eigenvalue weighted by Gasteiger charge is -2.13. The average Bonchev–Trinajstić information content (AvgIpc) is 2.75. The molecule has 1 atom stereocenters. The van der Waals surface area contributed by atoms with Crippen molar-refractivity contribution in [2.75, 3.05) is 7.11 Å². The van der Waals surface area contributed by atoms with Crippen LogP contribution in [0.4, 0.5) is 0 Å². The van der Waals surface area contributed by atoms with Crippen molar-refractivity contribution in [2.24, 2.45) is 0 Å². The summed E-state index contributed by atoms with van der Waals surface area (Å²) < 4.78 is 7.21. The minimum atomic E-state index is -0.658. The molecular weight excluding hydrogens is 368 g/mol. The molecular formula is C12H10Br2O2S. The standard InChI is InChI=1S/C12H10Br2O2S/c1-16-9-6-7(13)2-3-8(9)12(15)10-4-5-11(14)17-10/h2-6,12,15H,1H3. The summed E-state index contributed by atoms with van der Waals surface area (Å²) in [4.78, 5) is 0.887. The summed E-state index contributed by atoms with van der Waals surface area (Å²) in [5.41, 5.74) is 0.769. The molecule has 0 aliphatic carbocycles. The molecule has 2 rings (SSSR count). The molecule has 90 valence electrons. The summed E-state index contributed by atoms with van der Waals surface area (Å²) in [7, 11) is 1.60. The van der Waals surface area contributed by atoms with Crippen LogP contribution in [0, 0.1) is 0 Å². The monoisotopic (exact) mass is 376 g/mol. The number of methoxy groups -OCH3 is 1. The van der Waals surface area contributed by atoms with Gasteiger partial charge in [0, 0.05) is 14.9 Å². The van der Waals surface area contributed by atoms with Gasteiger partial charge >= 0.3 is 0 Å². The van der Waals surface area contributed by atoms with E-state index in [2.05, 4.69) is 31.9 Å². The number of halogens is 2. The Hall–Kier alpha value is -0.360. The van der Waals surface area contributed by atoms with E-state index in [-0.39, 0.29) is 0 Å². The predicted octanol–water partition coefficient (Wildman–Crippen LogP) is 4.36. The highest BCUT2D eigenvalue weighted by Gasteiger charge is 2.17. The molecule has 0 fully saturated rings. The minimum absolute atomic E-state index is 0.658. The van der Waals surface area contributed by atoms with Gasteiger partial charge in [-0.2, -0.15) is 0 Å². The Morgan fingerprint density at radius 3 is 2.59 bits per heavy atom. The number of ether oxygens (including phenoxy) is 1. The van der Waals surface area contributed by atoms with Gasteiger partial charge in [0.05, 0.1) is 10.9 Å². The third-order valence-corrected chi connectivity index (χ3v) is 4.52. The Morgan fingerprint density at radius 1 is 1.24 bits per heavy atom. The van der Waals surface area contributed by atoms with Crippen LogP contribution in [-0.4, -0.2) is 12.2 Å². The van der Waals surface area contributed by atoms with E-state index in [1.807, 2.05) is 30.3 Å². The second kappa shape index (κ2) is 5.52. The molecule has 0 saturated heterocycles. The highest BCUT2D eigenvalue weighted by Crippen LogP contribution is 2.36. The summed E-state index contributed by atoms with van der Waals surface area (Å²) >= 11 is 8.28. The van der Waals surface area contributed by atoms with E-state index in [9.17, 15) is 5.11 Å². The Morgan fingerprint density at radius 2 is 2.00 bits per heavy atom. The molecule has 17 heavy (non-hydrogen) atoms. The van der Waals surface area contributed by atoms with E-state index in [0.717, 1.165) is 18.7 Å². The Bertz CT molecular complexity index is 525. The van der Waals surface area contributed by atoms with Gasteiger partial charge in [0.2, 0.25) is 0 Å². The van der Waals surface area contributed by atoms with E-state index in [0.29, 0.717) is 5.75 Å². The van der Waals surface area contributed by atoms with Gasteiger partial charge in [0.1, 0.15) is 11.9 Å². The molecule has 2 aromatic rings. The van der Waals surface area contributed by atoms with Crippen molar-refractivity contribution in [3.8, 4) is 5.75 Å². The van der Waals surface area contributed by atoms with Crippen LogP contribution in [0.5, 0.6) is 5.75 Å². The van der Waals surface area contributed by atoms with E-state index < -0.39 is 6.10 Å². The summed E-state index contributed by atoms with van der Waals surface area (Å²) in [6.07, 6.45) is -0.658. The van der Waals surface area contributed by atoms with Gasteiger partial charge in [0.15, 0.2) is 0 Å². The molecule has 1 unspecified atom stereocenters. The van der Waals surface area contributed by atoms with Gasteiger partial charge in [-0.05, 0) is 40.2 Å². The quantitative estimate of drug-likeness (QED) is 0.860. The van der Waals surface area contributed by atoms with Crippen LogP contribution in [0.25, 0.3) is 0 Å². The van der Waals surface area contributed by atoms with Crippen molar-refractivity contribution in [2.45, 2.75) is 6.10 Å². The molecule has 1 aromatic carbocycles. The summed E-state index contributed by atoms with van der Waals surface area (Å²) in [6.45, 7) is 0. The van der Waals surface area contributed by atoms with Crippen molar-refractivity contribution in [1.29, 1.82) is 0 Å². The zero-order valence-corrected chi connectivity index (χ0v) is 13.0. The maximum Gasteiger partial charge on any atom is 0.126 e. The summed E-state index contributed by atoms with van der Waals surface area (Å²) in [5, 5.41) is 10.3. The van der Waals surface area contributed by atoms with Crippen LogP contribution in [0.15, 0.2) is 38.6 Å². The van der Waals surface area contributed by atoms with Crippen molar-refractivity contribution in [3.63, 3.8) is 0 Å². The molecule has 0 aliphatic heterocycles. The van der Waals surface area contributed by atoms with Gasteiger partial charge in [-0.15, -0.1) is 11.3 Å². The minimum Gasteiger partial charge on any atom is -0.496 e. The number of benzene rings is 1. The number of hydrogen-bond donors (Lipinski definition) is 1. The van der Waals surface area contributed by atoms with Crippen LogP contribution < -0.4 is 4.74 Å². The van der Waals surface area contributed by atoms with Crippen molar-refractivity contribution >= 4 is 43.2 Å². The largest absolute Gasteiger partial charge is 0.496 e. The molecule has 0 aliphatic rings. The van der Waals surface area contributed by atoms with Crippen molar-refractivity contribution in [1.82, 2.24) is 0 Å². The SMILES string of the molecule is COc1cc(Br)ccc1C(O)c1ccc(Br)s1. The van der Waals surface area contributed by atoms with Gasteiger partial charge in [0.25, 0.3) is 0 Å². The average molecular weight is 378 g/mol. The molecule has 0 amide bonds. The molecule has 5 heteroatoms. The number of aliphatic hydroxyl groups is 1. The van der Waals surface area contributed by atoms with E-state index in [1.165, 1.54) is 11.3 Å². The first-order chi connectivity index (χ1) is 8.11. The van der Waals surface area contributed by atoms with Crippen LogP contribution in [0.3, 0.4) is 0 Å². The third kappa shape index (κ3) is 2.91. The first-order valence-corrected chi connectivity index (χ1v) is 7.29. The molecule has 0 spiro atoms. The number of thiophene rings is 1. The first-order valence-electron chi connectivity index (χ1n) is 4.88. The van der Waals surface area contributed by atoms with Crippen molar-refractivity contribution < 1.29 is 9.84 Å². The zero-order valence-electron chi connectivity index (χ0n) is 8.98. The smallest absolute Gasteiger partial charge is 0.126 e. The topological polar surface area (TPSA) is 29.5 Å². The maximum absolute atomic E-state index is 10.3. The molecule has 2 nitrogen and oxygen atoms in total. The maximum atomic E-state index is 10.3. The number of hydrogen-bond acceptors (Lipinski definition) is 3. The lowest BCUT2D eigenvalue weighted by molar-refractivity contribution is 0.218. The third-order valence-electron chi connectivity index (χ3n) is 2.35. The van der Waals surface area contributed by atoms with Gasteiger partial charge in [-0.3, -0.25) is 0 Å². The Balaban J connectivity index is 2.39. The number of rotatable bonds is 3. The molecule has 1 heterocycles. The summed E-state index contributed by atoms with van der Waals surface area (Å²) in [5.74, 6) is 0.677. The van der Waals surface area contributed by atoms with Crippen LogP contribution in [0.2, 0.25) is 0 Å². The van der Waals surface area contributed by atoms with E-state index in [4.69, 9.17) is 4.74 Å². The number of aliphatic hydroxyl groups excluding tert-OH is 1. The zero-order chi connectivity index (χ0) is 12.4. The fourth-order valence-corrected chi connectivity index (χ4v) is 3.31. The summed E-state index contributed by atoms with van der Waals surface area (Å²) in [6, 6.07) is 9.43. The fraction of sp³-hybridized carbons (Fsp3) is 0.167. The molecule has 1 N–H and O–H groups in total. The fourth-order valence-electron chi connectivity index (χ4n) is 1.54. The van der Waals surface area contributed by atoms with Crippen molar-refractivity contribution in [3.05, 3.63) is 49.0 Å². The van der Waals surface area contributed by atoms with Gasteiger partial charge < -0.3 is 9.84 Å². The Labute approximate surface area is 121 Å². The molecule has 0 bridgehead atoms. The van der Waals surface area contributed by atoms with Crippen LogP contribution >= 0.6 is 43.2 Å². The normalized spacial score (nSPS) is 12.5. The van der Waals surface area contributed by atoms with Crippen LogP contribution in [-0.2, 0) is 0 Å². The second-order valence-electron chi connectivity index (χ2n) is 3.43. The lowest BCUT2D eigenvalue weighted by Crippen LogP contribution is -2.00.